The molecule has 4 rings (SSSR count). The third-order valence-corrected chi connectivity index (χ3v) is 5.11. The summed E-state index contributed by atoms with van der Waals surface area (Å²) < 4.78 is 14.1. The third kappa shape index (κ3) is 2.93. The van der Waals surface area contributed by atoms with Gasteiger partial charge in [-0.1, -0.05) is 48.1 Å². The van der Waals surface area contributed by atoms with Gasteiger partial charge in [-0.25, -0.2) is 0 Å². The lowest BCUT2D eigenvalue weighted by atomic mass is 10.1. The normalized spacial score (nSPS) is 11.0. The van der Waals surface area contributed by atoms with Crippen molar-refractivity contribution in [3.8, 4) is 5.75 Å². The standard InChI is InChI=1S/C18H12ClN3OS2/c1-23-15-9-11-5-3-2-4-10(11)8-12(15)18(24)20-16-13(19)6-7-14-17(16)22-25-21-14/h2-9H,1H3,(H,20,24). The topological polar surface area (TPSA) is 47.0 Å². The molecule has 25 heavy (non-hydrogen) atoms. The summed E-state index contributed by atoms with van der Waals surface area (Å²) in [6.07, 6.45) is 0. The van der Waals surface area contributed by atoms with Gasteiger partial charge >= 0.3 is 0 Å². The molecule has 0 radical (unpaired) electrons. The maximum atomic E-state index is 6.34. The summed E-state index contributed by atoms with van der Waals surface area (Å²) in [4.78, 5) is 0.519. The van der Waals surface area contributed by atoms with Crippen molar-refractivity contribution in [1.82, 2.24) is 8.75 Å². The minimum Gasteiger partial charge on any atom is -0.496 e. The number of benzene rings is 3. The molecule has 0 aliphatic carbocycles. The van der Waals surface area contributed by atoms with Gasteiger partial charge in [0.05, 0.1) is 35.1 Å². The lowest BCUT2D eigenvalue weighted by molar-refractivity contribution is 0.414. The number of anilines is 1. The summed E-state index contributed by atoms with van der Waals surface area (Å²) in [5, 5.41) is 5.94. The average Bonchev–Trinajstić information content (AvgIpc) is 3.11. The van der Waals surface area contributed by atoms with Crippen LogP contribution in [0.25, 0.3) is 21.8 Å². The Balaban J connectivity index is 1.79. The van der Waals surface area contributed by atoms with Crippen LogP contribution < -0.4 is 10.1 Å². The zero-order valence-corrected chi connectivity index (χ0v) is 15.5. The van der Waals surface area contributed by atoms with E-state index in [4.69, 9.17) is 28.6 Å². The highest BCUT2D eigenvalue weighted by atomic mass is 35.5. The number of halogens is 1. The number of fused-ring (bicyclic) bond motifs is 2. The van der Waals surface area contributed by atoms with Gasteiger partial charge in [0.15, 0.2) is 0 Å². The van der Waals surface area contributed by atoms with E-state index < -0.39 is 0 Å². The molecular weight excluding hydrogens is 374 g/mol. The quantitative estimate of drug-likeness (QED) is 0.485. The molecule has 1 N–H and O–H groups in total. The Kier molecular flexibility index (Phi) is 4.25. The second-order valence-corrected chi connectivity index (χ2v) is 6.75. The van der Waals surface area contributed by atoms with Gasteiger partial charge < -0.3 is 10.1 Å². The Bertz CT molecular complexity index is 1110. The molecule has 1 heterocycles. The van der Waals surface area contributed by atoms with Crippen LogP contribution in [-0.4, -0.2) is 20.8 Å². The van der Waals surface area contributed by atoms with E-state index >= 15 is 0 Å². The van der Waals surface area contributed by atoms with Crippen molar-refractivity contribution in [3.05, 3.63) is 59.1 Å². The zero-order chi connectivity index (χ0) is 17.4. The number of nitrogens with zero attached hydrogens (tertiary/aromatic N) is 2. The number of rotatable bonds is 3. The number of aromatic nitrogens is 2. The van der Waals surface area contributed by atoms with Crippen molar-refractivity contribution >= 4 is 68.0 Å². The van der Waals surface area contributed by atoms with Gasteiger partial charge in [0.1, 0.15) is 21.8 Å². The molecule has 0 saturated heterocycles. The van der Waals surface area contributed by atoms with Gasteiger partial charge in [0.25, 0.3) is 0 Å². The Morgan fingerprint density at radius 1 is 1.12 bits per heavy atom. The maximum absolute atomic E-state index is 6.34. The molecule has 0 saturated carbocycles. The molecule has 0 fully saturated rings. The molecule has 0 unspecified atom stereocenters. The fourth-order valence-corrected chi connectivity index (χ4v) is 3.70. The summed E-state index contributed by atoms with van der Waals surface area (Å²) in [5.41, 5.74) is 2.95. The van der Waals surface area contributed by atoms with Crippen LogP contribution in [0.4, 0.5) is 5.69 Å². The molecule has 0 bridgehead atoms. The summed E-state index contributed by atoms with van der Waals surface area (Å²) in [6, 6.07) is 15.7. The van der Waals surface area contributed by atoms with Crippen LogP contribution in [-0.2, 0) is 0 Å². The molecule has 0 aliphatic rings. The highest BCUT2D eigenvalue weighted by Gasteiger charge is 2.15. The molecule has 0 spiro atoms. The molecule has 0 amide bonds. The van der Waals surface area contributed by atoms with Crippen molar-refractivity contribution < 1.29 is 4.74 Å². The fraction of sp³-hybridized carbons (Fsp3) is 0.0556. The molecule has 1 aromatic heterocycles. The van der Waals surface area contributed by atoms with E-state index in [9.17, 15) is 0 Å². The van der Waals surface area contributed by atoms with E-state index in [2.05, 4.69) is 14.1 Å². The highest BCUT2D eigenvalue weighted by Crippen LogP contribution is 2.32. The SMILES string of the molecule is COc1cc2ccccc2cc1C(=S)Nc1c(Cl)ccc2nsnc12. The van der Waals surface area contributed by atoms with E-state index in [-0.39, 0.29) is 0 Å². The minimum absolute atomic E-state index is 0.519. The maximum Gasteiger partial charge on any atom is 0.129 e. The van der Waals surface area contributed by atoms with E-state index in [1.54, 1.807) is 13.2 Å². The number of ether oxygens (including phenoxy) is 1. The van der Waals surface area contributed by atoms with E-state index in [0.29, 0.717) is 27.0 Å². The van der Waals surface area contributed by atoms with Gasteiger partial charge in [0, 0.05) is 0 Å². The second-order valence-electron chi connectivity index (χ2n) is 5.41. The van der Waals surface area contributed by atoms with Crippen molar-refractivity contribution in [2.75, 3.05) is 12.4 Å². The van der Waals surface area contributed by atoms with Crippen LogP contribution in [0, 0.1) is 0 Å². The van der Waals surface area contributed by atoms with Gasteiger partial charge in [0.2, 0.25) is 0 Å². The lowest BCUT2D eigenvalue weighted by Gasteiger charge is -2.14. The minimum atomic E-state index is 0.519. The first-order valence-corrected chi connectivity index (χ1v) is 8.98. The summed E-state index contributed by atoms with van der Waals surface area (Å²) in [5.74, 6) is 0.705. The van der Waals surface area contributed by atoms with E-state index in [0.717, 1.165) is 33.6 Å². The third-order valence-electron chi connectivity index (χ3n) is 3.93. The van der Waals surface area contributed by atoms with Crippen molar-refractivity contribution in [2.45, 2.75) is 0 Å². The Hall–Kier alpha value is -2.28. The number of hydrogen-bond acceptors (Lipinski definition) is 5. The summed E-state index contributed by atoms with van der Waals surface area (Å²) >= 11 is 13.1. The molecular formula is C18H12ClN3OS2. The predicted octanol–water partition coefficient (Wildman–Crippen LogP) is 5.29. The average molecular weight is 386 g/mol. The number of hydrogen-bond donors (Lipinski definition) is 1. The zero-order valence-electron chi connectivity index (χ0n) is 13.1. The highest BCUT2D eigenvalue weighted by molar-refractivity contribution is 7.81. The van der Waals surface area contributed by atoms with Crippen LogP contribution in [0.1, 0.15) is 5.56 Å². The number of methoxy groups -OCH3 is 1. The van der Waals surface area contributed by atoms with Gasteiger partial charge in [-0.2, -0.15) is 8.75 Å². The Morgan fingerprint density at radius 3 is 2.64 bits per heavy atom. The molecule has 7 heteroatoms. The summed E-state index contributed by atoms with van der Waals surface area (Å²) in [6.45, 7) is 0. The first-order chi connectivity index (χ1) is 12.2. The molecule has 0 atom stereocenters. The predicted molar refractivity (Wildman–Crippen MR) is 108 cm³/mol. The van der Waals surface area contributed by atoms with E-state index in [1.165, 1.54) is 0 Å². The van der Waals surface area contributed by atoms with Crippen LogP contribution in [0.5, 0.6) is 5.75 Å². The lowest BCUT2D eigenvalue weighted by Crippen LogP contribution is -2.12. The largest absolute Gasteiger partial charge is 0.496 e. The number of thiocarbonyl (C=S) groups is 1. The van der Waals surface area contributed by atoms with E-state index in [1.807, 2.05) is 42.5 Å². The fourth-order valence-electron chi connectivity index (χ4n) is 2.69. The first-order valence-electron chi connectivity index (χ1n) is 7.46. The second kappa shape index (κ2) is 6.55. The Morgan fingerprint density at radius 2 is 1.88 bits per heavy atom. The molecule has 3 aromatic carbocycles. The van der Waals surface area contributed by atoms with Crippen molar-refractivity contribution in [1.29, 1.82) is 0 Å². The molecule has 124 valence electrons. The van der Waals surface area contributed by atoms with Crippen molar-refractivity contribution in [3.63, 3.8) is 0 Å². The first kappa shape index (κ1) is 16.2. The van der Waals surface area contributed by atoms with Crippen LogP contribution in [0.3, 0.4) is 0 Å². The summed E-state index contributed by atoms with van der Waals surface area (Å²) in [7, 11) is 1.63. The van der Waals surface area contributed by atoms with Crippen LogP contribution in [0.2, 0.25) is 5.02 Å². The monoisotopic (exact) mass is 385 g/mol. The molecule has 4 nitrogen and oxygen atoms in total. The molecule has 4 aromatic rings. The Labute approximate surface area is 158 Å². The van der Waals surface area contributed by atoms with Gasteiger partial charge in [-0.15, -0.1) is 0 Å². The van der Waals surface area contributed by atoms with Gasteiger partial charge in [-0.05, 0) is 35.0 Å². The number of nitrogens with one attached hydrogen (secondary N) is 1. The smallest absolute Gasteiger partial charge is 0.129 e. The van der Waals surface area contributed by atoms with Crippen LogP contribution in [0.15, 0.2) is 48.5 Å². The van der Waals surface area contributed by atoms with Gasteiger partial charge in [-0.3, -0.25) is 0 Å². The van der Waals surface area contributed by atoms with Crippen LogP contribution >= 0.6 is 35.5 Å². The van der Waals surface area contributed by atoms with Crippen molar-refractivity contribution in [2.24, 2.45) is 0 Å². The molecule has 0 aliphatic heterocycles.